The first kappa shape index (κ1) is 15.2. The molecule has 19 heavy (non-hydrogen) atoms. The number of rotatable bonds is 3. The molecule has 0 aromatic carbocycles. The number of hydrogen-bond donors (Lipinski definition) is 1. The van der Waals surface area contributed by atoms with Crippen molar-refractivity contribution in [3.8, 4) is 0 Å². The van der Waals surface area contributed by atoms with Gasteiger partial charge in [0.1, 0.15) is 0 Å². The molecule has 6 heteroatoms. The fraction of sp³-hybridized carbons (Fsp3) is 1.00. The van der Waals surface area contributed by atoms with Gasteiger partial charge in [-0.05, 0) is 36.6 Å². The zero-order valence-electron chi connectivity index (χ0n) is 12.3. The highest BCUT2D eigenvalue weighted by molar-refractivity contribution is 7.86. The summed E-state index contributed by atoms with van der Waals surface area (Å²) in [5.41, 5.74) is 5.71. The molecular formula is C13H27N3O2S. The molecule has 2 aliphatic heterocycles. The minimum Gasteiger partial charge on any atom is -0.330 e. The molecule has 2 heterocycles. The summed E-state index contributed by atoms with van der Waals surface area (Å²) >= 11 is 0. The summed E-state index contributed by atoms with van der Waals surface area (Å²) in [5.74, 6) is 0.893. The van der Waals surface area contributed by atoms with Gasteiger partial charge < -0.3 is 5.73 Å². The van der Waals surface area contributed by atoms with E-state index < -0.39 is 10.2 Å². The van der Waals surface area contributed by atoms with Crippen molar-refractivity contribution in [1.29, 1.82) is 0 Å². The fourth-order valence-corrected chi connectivity index (χ4v) is 5.31. The smallest absolute Gasteiger partial charge is 0.282 e. The van der Waals surface area contributed by atoms with E-state index in [0.717, 1.165) is 12.8 Å². The maximum atomic E-state index is 12.7. The second-order valence-electron chi connectivity index (χ2n) is 6.87. The molecule has 0 aromatic rings. The molecule has 2 fully saturated rings. The lowest BCUT2D eigenvalue weighted by atomic mass is 9.90. The molecule has 112 valence electrons. The molecule has 0 saturated carbocycles. The van der Waals surface area contributed by atoms with Crippen LogP contribution in [0.15, 0.2) is 0 Å². The van der Waals surface area contributed by atoms with E-state index in [9.17, 15) is 8.42 Å². The Labute approximate surface area is 117 Å². The van der Waals surface area contributed by atoms with Gasteiger partial charge in [0.15, 0.2) is 0 Å². The molecular weight excluding hydrogens is 262 g/mol. The Bertz CT molecular complexity index is 416. The summed E-state index contributed by atoms with van der Waals surface area (Å²) in [5, 5.41) is 0. The van der Waals surface area contributed by atoms with Gasteiger partial charge in [-0.25, -0.2) is 0 Å². The number of piperidine rings is 1. The average molecular weight is 289 g/mol. The molecule has 0 bridgehead atoms. The second-order valence-corrected chi connectivity index (χ2v) is 8.80. The predicted molar refractivity (Wildman–Crippen MR) is 76.8 cm³/mol. The summed E-state index contributed by atoms with van der Waals surface area (Å²) in [6.07, 6.45) is 1.98. The van der Waals surface area contributed by atoms with E-state index in [-0.39, 0.29) is 5.41 Å². The molecule has 2 N–H and O–H groups in total. The Morgan fingerprint density at radius 1 is 1.21 bits per heavy atom. The van der Waals surface area contributed by atoms with Crippen LogP contribution in [0, 0.1) is 17.3 Å². The molecule has 2 saturated heterocycles. The van der Waals surface area contributed by atoms with E-state index >= 15 is 0 Å². The highest BCUT2D eigenvalue weighted by Gasteiger charge is 2.42. The van der Waals surface area contributed by atoms with E-state index in [0.29, 0.717) is 44.6 Å². The highest BCUT2D eigenvalue weighted by atomic mass is 32.2. The average Bonchev–Trinajstić information content (AvgIpc) is 2.72. The van der Waals surface area contributed by atoms with Crippen LogP contribution in [-0.4, -0.2) is 49.8 Å². The molecule has 2 aliphatic rings. The Balaban J connectivity index is 2.10. The van der Waals surface area contributed by atoms with Gasteiger partial charge in [-0.15, -0.1) is 0 Å². The van der Waals surface area contributed by atoms with E-state index in [2.05, 4.69) is 20.8 Å². The van der Waals surface area contributed by atoms with Crippen LogP contribution in [0.5, 0.6) is 0 Å². The maximum Gasteiger partial charge on any atom is 0.282 e. The van der Waals surface area contributed by atoms with Gasteiger partial charge in [-0.3, -0.25) is 0 Å². The summed E-state index contributed by atoms with van der Waals surface area (Å²) in [4.78, 5) is 0. The zero-order chi connectivity index (χ0) is 14.3. The van der Waals surface area contributed by atoms with Gasteiger partial charge in [0.25, 0.3) is 10.2 Å². The third kappa shape index (κ3) is 3.12. The largest absolute Gasteiger partial charge is 0.330 e. The van der Waals surface area contributed by atoms with Crippen LogP contribution >= 0.6 is 0 Å². The van der Waals surface area contributed by atoms with Crippen molar-refractivity contribution in [3.63, 3.8) is 0 Å². The standard InChI is InChI=1S/C13H27N3O2S/c1-11-6-12(2)8-16(7-11)19(17,18)15-5-4-13(3,9-14)10-15/h11-12H,4-10,14H2,1-3H3. The van der Waals surface area contributed by atoms with E-state index in [4.69, 9.17) is 5.73 Å². The summed E-state index contributed by atoms with van der Waals surface area (Å²) in [7, 11) is -3.30. The molecule has 5 nitrogen and oxygen atoms in total. The Kier molecular flexibility index (Phi) is 4.26. The topological polar surface area (TPSA) is 66.6 Å². The molecule has 3 atom stereocenters. The number of nitrogens with two attached hydrogens (primary N) is 1. The maximum absolute atomic E-state index is 12.7. The molecule has 0 aromatic heterocycles. The summed E-state index contributed by atoms with van der Waals surface area (Å²) in [6, 6.07) is 0. The lowest BCUT2D eigenvalue weighted by Crippen LogP contribution is -2.49. The SMILES string of the molecule is CC1CC(C)CN(S(=O)(=O)N2CCC(C)(CN)C2)C1. The van der Waals surface area contributed by atoms with E-state index in [1.54, 1.807) is 8.61 Å². The lowest BCUT2D eigenvalue weighted by Gasteiger charge is -2.36. The van der Waals surface area contributed by atoms with Crippen molar-refractivity contribution >= 4 is 10.2 Å². The third-order valence-corrected chi connectivity index (χ3v) is 6.42. The first-order valence-electron chi connectivity index (χ1n) is 7.22. The minimum atomic E-state index is -3.30. The lowest BCUT2D eigenvalue weighted by molar-refractivity contribution is 0.210. The van der Waals surface area contributed by atoms with Gasteiger partial charge in [0, 0.05) is 26.2 Å². The van der Waals surface area contributed by atoms with Crippen molar-refractivity contribution in [1.82, 2.24) is 8.61 Å². The highest BCUT2D eigenvalue weighted by Crippen LogP contribution is 2.33. The first-order chi connectivity index (χ1) is 8.77. The van der Waals surface area contributed by atoms with Crippen molar-refractivity contribution < 1.29 is 8.42 Å². The fourth-order valence-electron chi connectivity index (χ4n) is 3.30. The van der Waals surface area contributed by atoms with E-state index in [1.165, 1.54) is 0 Å². The first-order valence-corrected chi connectivity index (χ1v) is 8.62. The molecule has 0 radical (unpaired) electrons. The van der Waals surface area contributed by atoms with Crippen molar-refractivity contribution in [3.05, 3.63) is 0 Å². The van der Waals surface area contributed by atoms with Crippen molar-refractivity contribution in [2.45, 2.75) is 33.6 Å². The monoisotopic (exact) mass is 289 g/mol. The summed E-state index contributed by atoms with van der Waals surface area (Å²) in [6.45, 7) is 9.36. The summed E-state index contributed by atoms with van der Waals surface area (Å²) < 4.78 is 28.7. The Morgan fingerprint density at radius 2 is 1.79 bits per heavy atom. The van der Waals surface area contributed by atoms with Gasteiger partial charge in [0.05, 0.1) is 0 Å². The predicted octanol–water partition coefficient (Wildman–Crippen LogP) is 0.880. The van der Waals surface area contributed by atoms with Gasteiger partial charge in [0.2, 0.25) is 0 Å². The normalized spacial score (nSPS) is 38.7. The van der Waals surface area contributed by atoms with Crippen LogP contribution in [0.25, 0.3) is 0 Å². The van der Waals surface area contributed by atoms with Crippen LogP contribution in [0.3, 0.4) is 0 Å². The van der Waals surface area contributed by atoms with Gasteiger partial charge >= 0.3 is 0 Å². The quantitative estimate of drug-likeness (QED) is 0.838. The van der Waals surface area contributed by atoms with Gasteiger partial charge in [-0.2, -0.15) is 17.0 Å². The minimum absolute atomic E-state index is 0.0555. The molecule has 2 rings (SSSR count). The number of hydrogen-bond acceptors (Lipinski definition) is 3. The molecule has 0 amide bonds. The van der Waals surface area contributed by atoms with Crippen LogP contribution in [0.4, 0.5) is 0 Å². The van der Waals surface area contributed by atoms with Crippen LogP contribution in [0.1, 0.15) is 33.6 Å². The molecule has 3 unspecified atom stereocenters. The van der Waals surface area contributed by atoms with Crippen molar-refractivity contribution in [2.75, 3.05) is 32.7 Å². The molecule has 0 aliphatic carbocycles. The van der Waals surface area contributed by atoms with Crippen LogP contribution in [-0.2, 0) is 10.2 Å². The van der Waals surface area contributed by atoms with Crippen LogP contribution in [0.2, 0.25) is 0 Å². The van der Waals surface area contributed by atoms with Crippen molar-refractivity contribution in [2.24, 2.45) is 23.0 Å². The second kappa shape index (κ2) is 5.31. The number of nitrogens with zero attached hydrogens (tertiary/aromatic N) is 2. The van der Waals surface area contributed by atoms with Crippen LogP contribution < -0.4 is 5.73 Å². The Morgan fingerprint density at radius 3 is 2.26 bits per heavy atom. The Hall–Kier alpha value is -0.170. The third-order valence-electron chi connectivity index (χ3n) is 4.50. The zero-order valence-corrected chi connectivity index (χ0v) is 13.1. The molecule has 0 spiro atoms. The van der Waals surface area contributed by atoms with E-state index in [1.807, 2.05) is 0 Å². The van der Waals surface area contributed by atoms with Gasteiger partial charge in [-0.1, -0.05) is 20.8 Å².